The topological polar surface area (TPSA) is 95.1 Å². The summed E-state index contributed by atoms with van der Waals surface area (Å²) in [7, 11) is 3.27. The first-order valence-corrected chi connectivity index (χ1v) is 12.7. The Bertz CT molecular complexity index is 1410. The molecule has 0 aliphatic carbocycles. The van der Waals surface area contributed by atoms with Gasteiger partial charge < -0.3 is 28.4 Å². The Hall–Kier alpha value is -4.05. The molecule has 10 nitrogen and oxygen atoms in total. The third-order valence-corrected chi connectivity index (χ3v) is 6.74. The maximum Gasteiger partial charge on any atom is 0.245 e. The predicted molar refractivity (Wildman–Crippen MR) is 143 cm³/mol. The molecule has 3 aromatic heterocycles. The third kappa shape index (κ3) is 5.31. The number of carbonyl (C=O) groups is 1. The van der Waals surface area contributed by atoms with E-state index in [0.29, 0.717) is 62.2 Å². The van der Waals surface area contributed by atoms with Crippen LogP contribution < -0.4 is 14.4 Å². The second-order valence-corrected chi connectivity index (χ2v) is 9.35. The molecule has 5 rings (SSSR count). The lowest BCUT2D eigenvalue weighted by molar-refractivity contribution is -0.133. The molecule has 1 saturated heterocycles. The number of methoxy groups -OCH3 is 2. The van der Waals surface area contributed by atoms with Crippen LogP contribution in [0.25, 0.3) is 10.9 Å². The van der Waals surface area contributed by atoms with Gasteiger partial charge in [-0.05, 0) is 50.2 Å². The molecule has 0 atom stereocenters. The molecule has 200 valence electrons. The first-order chi connectivity index (χ1) is 18.5. The van der Waals surface area contributed by atoms with Gasteiger partial charge in [-0.25, -0.2) is 4.98 Å². The van der Waals surface area contributed by atoms with E-state index in [9.17, 15) is 4.79 Å². The highest BCUT2D eigenvalue weighted by Gasteiger charge is 2.24. The van der Waals surface area contributed by atoms with Gasteiger partial charge in [0, 0.05) is 36.3 Å². The predicted octanol–water partition coefficient (Wildman–Crippen LogP) is 3.72. The summed E-state index contributed by atoms with van der Waals surface area (Å²) in [6.45, 7) is 7.29. The van der Waals surface area contributed by atoms with Gasteiger partial charge >= 0.3 is 0 Å². The van der Waals surface area contributed by atoms with Crippen molar-refractivity contribution in [1.82, 2.24) is 19.7 Å². The molecular weight excluding hydrogens is 486 g/mol. The summed E-state index contributed by atoms with van der Waals surface area (Å²) < 4.78 is 24.2. The number of hydrogen-bond donors (Lipinski definition) is 0. The molecule has 10 heteroatoms. The number of carbonyl (C=O) groups excluding carboxylic acids is 1. The minimum Gasteiger partial charge on any atom is -0.496 e. The zero-order chi connectivity index (χ0) is 26.6. The molecule has 38 heavy (non-hydrogen) atoms. The zero-order valence-electron chi connectivity index (χ0n) is 22.3. The number of nitrogens with zero attached hydrogens (tertiary/aromatic N) is 5. The lowest BCUT2D eigenvalue weighted by atomic mass is 10.1. The largest absolute Gasteiger partial charge is 0.496 e. The van der Waals surface area contributed by atoms with Crippen molar-refractivity contribution in [2.75, 3.05) is 45.4 Å². The molecule has 1 fully saturated rings. The van der Waals surface area contributed by atoms with Gasteiger partial charge in [0.1, 0.15) is 35.1 Å². The zero-order valence-corrected chi connectivity index (χ0v) is 22.3. The summed E-state index contributed by atoms with van der Waals surface area (Å²) in [6.07, 6.45) is 1.62. The molecule has 1 aliphatic rings. The van der Waals surface area contributed by atoms with Crippen LogP contribution in [0.4, 0.5) is 5.82 Å². The third-order valence-electron chi connectivity index (χ3n) is 6.74. The van der Waals surface area contributed by atoms with Gasteiger partial charge in [0.15, 0.2) is 0 Å². The van der Waals surface area contributed by atoms with Crippen molar-refractivity contribution in [3.8, 4) is 11.5 Å². The van der Waals surface area contributed by atoms with E-state index in [-0.39, 0.29) is 12.5 Å². The van der Waals surface area contributed by atoms with E-state index in [1.54, 1.807) is 30.1 Å². The second kappa shape index (κ2) is 11.1. The highest BCUT2D eigenvalue weighted by molar-refractivity contribution is 5.92. The average Bonchev–Trinajstić information content (AvgIpc) is 3.56. The maximum absolute atomic E-state index is 13.7. The van der Waals surface area contributed by atoms with E-state index < -0.39 is 0 Å². The Morgan fingerprint density at radius 3 is 2.47 bits per heavy atom. The fraction of sp³-hybridized carbons (Fsp3) is 0.393. The number of furan rings is 1. The van der Waals surface area contributed by atoms with Gasteiger partial charge in [0.2, 0.25) is 5.91 Å². The van der Waals surface area contributed by atoms with Gasteiger partial charge in [-0.1, -0.05) is 0 Å². The van der Waals surface area contributed by atoms with E-state index in [1.165, 1.54) is 0 Å². The summed E-state index contributed by atoms with van der Waals surface area (Å²) in [6, 6.07) is 11.5. The molecule has 0 N–H and O–H groups in total. The fourth-order valence-corrected chi connectivity index (χ4v) is 4.84. The van der Waals surface area contributed by atoms with Crippen molar-refractivity contribution >= 4 is 22.6 Å². The molecule has 1 aromatic carbocycles. The van der Waals surface area contributed by atoms with E-state index in [1.807, 2.05) is 44.2 Å². The highest BCUT2D eigenvalue weighted by atomic mass is 16.5. The van der Waals surface area contributed by atoms with Crippen LogP contribution in [-0.4, -0.2) is 66.1 Å². The minimum absolute atomic E-state index is 0.0711. The van der Waals surface area contributed by atoms with Crippen LogP contribution in [0.2, 0.25) is 0 Å². The summed E-state index contributed by atoms with van der Waals surface area (Å²) >= 11 is 0. The number of pyridine rings is 1. The lowest BCUT2D eigenvalue weighted by Crippen LogP contribution is -2.38. The summed E-state index contributed by atoms with van der Waals surface area (Å²) in [4.78, 5) is 22.8. The monoisotopic (exact) mass is 519 g/mol. The Kier molecular flexibility index (Phi) is 7.50. The normalized spacial score (nSPS) is 13.6. The molecule has 0 unspecified atom stereocenters. The van der Waals surface area contributed by atoms with Crippen molar-refractivity contribution in [1.29, 1.82) is 0 Å². The Morgan fingerprint density at radius 1 is 1.05 bits per heavy atom. The van der Waals surface area contributed by atoms with Crippen LogP contribution in [0, 0.1) is 13.8 Å². The first-order valence-electron chi connectivity index (χ1n) is 12.7. The van der Waals surface area contributed by atoms with Crippen LogP contribution in [0.3, 0.4) is 0 Å². The van der Waals surface area contributed by atoms with E-state index >= 15 is 0 Å². The minimum atomic E-state index is -0.0711. The maximum atomic E-state index is 13.7. The van der Waals surface area contributed by atoms with Crippen molar-refractivity contribution in [2.24, 2.45) is 0 Å². The number of amides is 1. The number of fused-ring (bicyclic) bond motifs is 1. The van der Waals surface area contributed by atoms with Crippen molar-refractivity contribution in [3.05, 3.63) is 65.4 Å². The van der Waals surface area contributed by atoms with E-state index in [4.69, 9.17) is 23.6 Å². The smallest absolute Gasteiger partial charge is 0.245 e. The molecule has 0 bridgehead atoms. The van der Waals surface area contributed by atoms with E-state index in [0.717, 1.165) is 28.2 Å². The van der Waals surface area contributed by atoms with Crippen molar-refractivity contribution < 1.29 is 23.4 Å². The molecule has 1 aliphatic heterocycles. The van der Waals surface area contributed by atoms with Crippen LogP contribution in [0.5, 0.6) is 11.5 Å². The first kappa shape index (κ1) is 25.6. The summed E-state index contributed by atoms with van der Waals surface area (Å²) in [5, 5.41) is 5.31. The lowest BCUT2D eigenvalue weighted by Gasteiger charge is -2.31. The van der Waals surface area contributed by atoms with Gasteiger partial charge in [0.25, 0.3) is 0 Å². The molecule has 0 spiro atoms. The number of aromatic nitrogens is 3. The number of aryl methyl sites for hydroxylation is 2. The highest BCUT2D eigenvalue weighted by Crippen LogP contribution is 2.36. The fourth-order valence-electron chi connectivity index (χ4n) is 4.84. The number of rotatable bonds is 9. The number of benzene rings is 1. The molecule has 0 saturated carbocycles. The van der Waals surface area contributed by atoms with Gasteiger partial charge in [-0.15, -0.1) is 0 Å². The molecule has 1 amide bonds. The number of morpholine rings is 1. The molecule has 4 aromatic rings. The number of anilines is 1. The van der Waals surface area contributed by atoms with Gasteiger partial charge in [-0.3, -0.25) is 9.48 Å². The average molecular weight is 520 g/mol. The molecule has 4 heterocycles. The van der Waals surface area contributed by atoms with Crippen LogP contribution >= 0.6 is 0 Å². The molecular formula is C28H33N5O5. The number of hydrogen-bond acceptors (Lipinski definition) is 8. The van der Waals surface area contributed by atoms with Crippen LogP contribution in [-0.2, 0) is 29.2 Å². The standard InChI is InChI=1S/C28H33N5O5/c1-19-14-20(2)33(30-19)18-26(34)32(17-22-6-5-11-38-22)16-21-15-23-24(35-3)7-8-25(36-4)27(23)29-28(21)31-9-12-37-13-10-31/h5-8,11,14-15H,9-10,12-13,16-18H2,1-4H3. The van der Waals surface area contributed by atoms with Crippen LogP contribution in [0.1, 0.15) is 22.7 Å². The quantitative estimate of drug-likeness (QED) is 0.330. The Balaban J connectivity index is 1.57. The Morgan fingerprint density at radius 2 is 1.82 bits per heavy atom. The Labute approximate surface area is 221 Å². The SMILES string of the molecule is COc1ccc(OC)c2nc(N3CCOCC3)c(CN(Cc3ccco3)C(=O)Cn3nc(C)cc3C)cc12. The van der Waals surface area contributed by atoms with Gasteiger partial charge in [-0.2, -0.15) is 5.10 Å². The van der Waals surface area contributed by atoms with Gasteiger partial charge in [0.05, 0.1) is 45.9 Å². The van der Waals surface area contributed by atoms with Crippen molar-refractivity contribution in [3.63, 3.8) is 0 Å². The van der Waals surface area contributed by atoms with Crippen molar-refractivity contribution in [2.45, 2.75) is 33.5 Å². The van der Waals surface area contributed by atoms with E-state index in [2.05, 4.69) is 16.1 Å². The summed E-state index contributed by atoms with van der Waals surface area (Å²) in [5.74, 6) is 2.78. The summed E-state index contributed by atoms with van der Waals surface area (Å²) in [5.41, 5.74) is 3.43. The van der Waals surface area contributed by atoms with Crippen LogP contribution in [0.15, 0.2) is 47.1 Å². The molecule has 0 radical (unpaired) electrons. The second-order valence-electron chi connectivity index (χ2n) is 9.35. The number of ether oxygens (including phenoxy) is 3.